The van der Waals surface area contributed by atoms with Crippen LogP contribution in [0.25, 0.3) is 0 Å². The van der Waals surface area contributed by atoms with Gasteiger partial charge < -0.3 is 4.90 Å². The molecule has 0 heterocycles. The largest absolute Gasteiger partial charge is 0.343 e. The van der Waals surface area contributed by atoms with E-state index in [1.807, 2.05) is 4.90 Å². The number of hydrogen-bond acceptors (Lipinski definition) is 3. The molecule has 29 heavy (non-hydrogen) atoms. The molecule has 0 aromatic heterocycles. The Bertz CT molecular complexity index is 789. The van der Waals surface area contributed by atoms with Crippen LogP contribution in [0.3, 0.4) is 0 Å². The molecule has 0 bridgehead atoms. The van der Waals surface area contributed by atoms with Crippen LogP contribution in [0.1, 0.15) is 79.1 Å². The Balaban J connectivity index is 1.64. The number of allylic oxidation sites excluding steroid dienone is 1. The summed E-state index contributed by atoms with van der Waals surface area (Å²) in [6.45, 7) is 10.5. The summed E-state index contributed by atoms with van der Waals surface area (Å²) in [5.74, 6) is 2.39. The van der Waals surface area contributed by atoms with E-state index in [1.165, 1.54) is 0 Å². The molecule has 3 saturated carbocycles. The quantitative estimate of drug-likeness (QED) is 0.682. The smallest absolute Gasteiger partial charge is 0.226 e. The fraction of sp³-hybridized carbons (Fsp3) is 0.800. The minimum atomic E-state index is 0.00415. The van der Waals surface area contributed by atoms with Gasteiger partial charge in [0.05, 0.1) is 5.57 Å². The number of rotatable bonds is 3. The fourth-order valence-corrected chi connectivity index (χ4v) is 8.01. The lowest BCUT2D eigenvalue weighted by atomic mass is 9.46. The maximum absolute atomic E-state index is 13.3. The molecule has 4 aliphatic carbocycles. The average Bonchev–Trinajstić information content (AvgIpc) is 3.06. The van der Waals surface area contributed by atoms with Crippen molar-refractivity contribution in [1.82, 2.24) is 4.90 Å². The van der Waals surface area contributed by atoms with Crippen molar-refractivity contribution >= 4 is 11.7 Å². The first-order valence-electron chi connectivity index (χ1n) is 11.8. The SMILES string of the molecule is CCN(CC)C(=O)[C@H]1CC[C@H]2[C@@H]3CCC4=C(C#N)C(=O)CC[C@]4(C)[C@H]3CC[C@]12C. The zero-order valence-electron chi connectivity index (χ0n) is 18.6. The Morgan fingerprint density at radius 2 is 1.79 bits per heavy atom. The van der Waals surface area contributed by atoms with Gasteiger partial charge in [0.15, 0.2) is 5.78 Å². The van der Waals surface area contributed by atoms with E-state index >= 15 is 0 Å². The van der Waals surface area contributed by atoms with Crippen LogP contribution in [0.15, 0.2) is 11.1 Å². The van der Waals surface area contributed by atoms with Crippen molar-refractivity contribution in [2.45, 2.75) is 79.1 Å². The summed E-state index contributed by atoms with van der Waals surface area (Å²) < 4.78 is 0. The second-order valence-corrected chi connectivity index (χ2v) is 10.4. The number of fused-ring (bicyclic) bond motifs is 5. The van der Waals surface area contributed by atoms with Gasteiger partial charge in [-0.1, -0.05) is 13.8 Å². The first kappa shape index (κ1) is 20.6. The van der Waals surface area contributed by atoms with E-state index in [4.69, 9.17) is 0 Å². The number of carbonyl (C=O) groups is 2. The number of nitrogens with zero attached hydrogens (tertiary/aromatic N) is 2. The molecule has 1 amide bonds. The number of amides is 1. The highest BCUT2D eigenvalue weighted by Crippen LogP contribution is 2.67. The van der Waals surface area contributed by atoms with Gasteiger partial charge in [-0.05, 0) is 93.0 Å². The third-order valence-electron chi connectivity index (χ3n) is 9.61. The average molecular weight is 397 g/mol. The Morgan fingerprint density at radius 1 is 1.07 bits per heavy atom. The molecule has 4 rings (SSSR count). The van der Waals surface area contributed by atoms with Crippen molar-refractivity contribution in [1.29, 1.82) is 5.26 Å². The highest BCUT2D eigenvalue weighted by molar-refractivity contribution is 6.01. The van der Waals surface area contributed by atoms with Crippen molar-refractivity contribution in [2.24, 2.45) is 34.5 Å². The van der Waals surface area contributed by atoms with E-state index in [2.05, 4.69) is 33.8 Å². The maximum Gasteiger partial charge on any atom is 0.226 e. The van der Waals surface area contributed by atoms with Gasteiger partial charge in [-0.15, -0.1) is 0 Å². The Morgan fingerprint density at radius 3 is 2.45 bits per heavy atom. The minimum absolute atomic E-state index is 0.00415. The molecule has 0 aromatic carbocycles. The van der Waals surface area contributed by atoms with Crippen LogP contribution in [0.4, 0.5) is 0 Å². The Labute approximate surface area is 175 Å². The number of ketones is 1. The van der Waals surface area contributed by atoms with Crippen LogP contribution in [0, 0.1) is 45.8 Å². The van der Waals surface area contributed by atoms with Gasteiger partial charge in [0, 0.05) is 25.4 Å². The third-order valence-corrected chi connectivity index (χ3v) is 9.61. The molecule has 0 saturated heterocycles. The lowest BCUT2D eigenvalue weighted by Crippen LogP contribution is -2.52. The summed E-state index contributed by atoms with van der Waals surface area (Å²) in [5.41, 5.74) is 1.76. The molecule has 0 radical (unpaired) electrons. The van der Waals surface area contributed by atoms with E-state index in [9.17, 15) is 14.9 Å². The first-order chi connectivity index (χ1) is 13.8. The summed E-state index contributed by atoms with van der Waals surface area (Å²) in [6.07, 6.45) is 7.83. The van der Waals surface area contributed by atoms with Gasteiger partial charge in [-0.3, -0.25) is 9.59 Å². The molecule has 0 N–H and O–H groups in total. The predicted octanol–water partition coefficient (Wildman–Crippen LogP) is 4.90. The Kier molecular flexibility index (Phi) is 5.16. The molecule has 4 nitrogen and oxygen atoms in total. The van der Waals surface area contributed by atoms with Crippen LogP contribution in [-0.2, 0) is 9.59 Å². The van der Waals surface area contributed by atoms with Gasteiger partial charge in [0.2, 0.25) is 5.91 Å². The molecule has 0 unspecified atom stereocenters. The van der Waals surface area contributed by atoms with Gasteiger partial charge in [0.25, 0.3) is 0 Å². The first-order valence-corrected chi connectivity index (χ1v) is 11.8. The van der Waals surface area contributed by atoms with Crippen molar-refractivity contribution in [3.63, 3.8) is 0 Å². The Hall–Kier alpha value is -1.63. The fourth-order valence-electron chi connectivity index (χ4n) is 8.01. The maximum atomic E-state index is 13.3. The third kappa shape index (κ3) is 2.83. The van der Waals surface area contributed by atoms with E-state index in [0.29, 0.717) is 35.7 Å². The second kappa shape index (κ2) is 7.25. The van der Waals surface area contributed by atoms with Crippen molar-refractivity contribution in [2.75, 3.05) is 13.1 Å². The van der Waals surface area contributed by atoms with Crippen LogP contribution in [0.5, 0.6) is 0 Å². The van der Waals surface area contributed by atoms with Crippen LogP contribution in [-0.4, -0.2) is 29.7 Å². The topological polar surface area (TPSA) is 61.2 Å². The number of nitriles is 1. The summed E-state index contributed by atoms with van der Waals surface area (Å²) in [7, 11) is 0. The van der Waals surface area contributed by atoms with Gasteiger partial charge in [0.1, 0.15) is 6.07 Å². The zero-order chi connectivity index (χ0) is 21.0. The van der Waals surface area contributed by atoms with Crippen molar-refractivity contribution < 1.29 is 9.59 Å². The summed E-state index contributed by atoms with van der Waals surface area (Å²) in [5, 5.41) is 9.63. The van der Waals surface area contributed by atoms with Crippen LogP contribution >= 0.6 is 0 Å². The molecule has 158 valence electrons. The zero-order valence-corrected chi connectivity index (χ0v) is 18.6. The van der Waals surface area contributed by atoms with Crippen LogP contribution in [0.2, 0.25) is 0 Å². The van der Waals surface area contributed by atoms with Gasteiger partial charge in [-0.25, -0.2) is 0 Å². The number of carbonyl (C=O) groups excluding carboxylic acids is 2. The van der Waals surface area contributed by atoms with E-state index < -0.39 is 0 Å². The van der Waals surface area contributed by atoms with Crippen molar-refractivity contribution in [3.8, 4) is 6.07 Å². The lowest BCUT2D eigenvalue weighted by Gasteiger charge is -2.58. The monoisotopic (exact) mass is 396 g/mol. The van der Waals surface area contributed by atoms with E-state index in [-0.39, 0.29) is 22.5 Å². The van der Waals surface area contributed by atoms with Crippen molar-refractivity contribution in [3.05, 3.63) is 11.1 Å². The molecule has 4 aliphatic rings. The highest BCUT2D eigenvalue weighted by atomic mass is 16.2. The number of hydrogen-bond donors (Lipinski definition) is 0. The van der Waals surface area contributed by atoms with Gasteiger partial charge >= 0.3 is 0 Å². The molecule has 0 aliphatic heterocycles. The molecule has 0 aromatic rings. The standard InChI is InChI=1S/C25H36N2O2/c1-5-27(6-2)23(29)21-10-9-18-16-7-8-19-17(15-26)22(28)12-14-24(19,3)20(16)11-13-25(18,21)4/h16,18,20-21H,5-14H2,1-4H3/t16-,18-,20-,21+,24-,25-/m0/s1. The predicted molar refractivity (Wildman–Crippen MR) is 113 cm³/mol. The molecule has 0 spiro atoms. The molecule has 4 heteroatoms. The molecular weight excluding hydrogens is 360 g/mol. The summed E-state index contributed by atoms with van der Waals surface area (Å²) >= 11 is 0. The minimum Gasteiger partial charge on any atom is -0.343 e. The molecule has 6 atom stereocenters. The summed E-state index contributed by atoms with van der Waals surface area (Å²) in [4.78, 5) is 27.6. The normalized spacial score (nSPS) is 41.3. The number of Topliss-reactive ketones (excluding diaryl/α,β-unsaturated/α-hetero) is 1. The van der Waals surface area contributed by atoms with Crippen LogP contribution < -0.4 is 0 Å². The summed E-state index contributed by atoms with van der Waals surface area (Å²) in [6, 6.07) is 2.25. The second-order valence-electron chi connectivity index (χ2n) is 10.4. The highest BCUT2D eigenvalue weighted by Gasteiger charge is 2.61. The molecule has 3 fully saturated rings. The van der Waals surface area contributed by atoms with E-state index in [0.717, 1.165) is 63.6 Å². The van der Waals surface area contributed by atoms with Gasteiger partial charge in [-0.2, -0.15) is 5.26 Å². The molecular formula is C25H36N2O2. The lowest BCUT2D eigenvalue weighted by molar-refractivity contribution is -0.142. The van der Waals surface area contributed by atoms with E-state index in [1.54, 1.807) is 0 Å².